The lowest BCUT2D eigenvalue weighted by molar-refractivity contribution is 0.0950. The van der Waals surface area contributed by atoms with Crippen LogP contribution in [0.4, 0.5) is 5.82 Å². The molecule has 0 unspecified atom stereocenters. The number of carbonyl (C=O) groups excluding carboxylic acids is 1. The van der Waals surface area contributed by atoms with Gasteiger partial charge in [-0.1, -0.05) is 17.3 Å². The number of hydrazone groups is 1. The summed E-state index contributed by atoms with van der Waals surface area (Å²) < 4.78 is 22.2. The summed E-state index contributed by atoms with van der Waals surface area (Å²) in [5.41, 5.74) is 10.5. The van der Waals surface area contributed by atoms with E-state index in [-0.39, 0.29) is 17.3 Å². The summed E-state index contributed by atoms with van der Waals surface area (Å²) in [4.78, 5) is 13.2. The predicted molar refractivity (Wildman–Crippen MR) is 129 cm³/mol. The van der Waals surface area contributed by atoms with E-state index in [0.29, 0.717) is 40.8 Å². The number of amides is 1. The molecule has 0 aliphatic heterocycles. The van der Waals surface area contributed by atoms with E-state index in [9.17, 15) is 4.79 Å². The van der Waals surface area contributed by atoms with Crippen molar-refractivity contribution in [1.82, 2.24) is 30.7 Å². The van der Waals surface area contributed by atoms with E-state index in [2.05, 4.69) is 31.2 Å². The average molecular weight is 492 g/mol. The fraction of sp³-hybridized carbons (Fsp3) is 0.217. The number of ether oxygens (including phenoxy) is 3. The van der Waals surface area contributed by atoms with Crippen LogP contribution in [0, 0.1) is 0 Å². The van der Waals surface area contributed by atoms with Crippen LogP contribution in [0.3, 0.4) is 0 Å². The van der Waals surface area contributed by atoms with Gasteiger partial charge in [0.2, 0.25) is 11.6 Å². The lowest BCUT2D eigenvalue weighted by atomic mass is 10.1. The van der Waals surface area contributed by atoms with E-state index >= 15 is 0 Å². The first-order valence-corrected chi connectivity index (χ1v) is 10.8. The Kier molecular flexibility index (Phi) is 7.09. The third kappa shape index (κ3) is 4.80. The molecule has 4 rings (SSSR count). The third-order valence-electron chi connectivity index (χ3n) is 5.13. The number of hydrogen-bond donors (Lipinski definition) is 2. The Labute approximate surface area is 205 Å². The Balaban J connectivity index is 1.70. The number of nitrogens with zero attached hydrogens (tertiary/aromatic N) is 6. The zero-order valence-corrected chi connectivity index (χ0v) is 20.1. The van der Waals surface area contributed by atoms with Crippen molar-refractivity contribution in [2.45, 2.75) is 13.8 Å². The number of rotatable bonds is 9. The Hall–Kier alpha value is -4.94. The molecule has 3 N–H and O–H groups in total. The van der Waals surface area contributed by atoms with Gasteiger partial charge in [-0.15, -0.1) is 5.10 Å². The minimum Gasteiger partial charge on any atom is -0.494 e. The molecule has 0 saturated heterocycles. The number of hydrogen-bond acceptors (Lipinski definition) is 11. The minimum absolute atomic E-state index is 0.0172. The number of carbonyl (C=O) groups is 1. The molecule has 0 aliphatic rings. The van der Waals surface area contributed by atoms with Crippen molar-refractivity contribution in [3.8, 4) is 34.3 Å². The van der Waals surface area contributed by atoms with Crippen LogP contribution in [-0.4, -0.2) is 57.8 Å². The highest BCUT2D eigenvalue weighted by Gasteiger charge is 2.25. The predicted octanol–water partition coefficient (Wildman–Crippen LogP) is 2.47. The molecule has 0 aliphatic carbocycles. The van der Waals surface area contributed by atoms with Gasteiger partial charge in [0.25, 0.3) is 5.91 Å². The molecule has 1 amide bonds. The van der Waals surface area contributed by atoms with E-state index in [1.54, 1.807) is 63.6 Å². The molecular formula is C23H24N8O5. The zero-order valence-electron chi connectivity index (χ0n) is 20.1. The second-order valence-electron chi connectivity index (χ2n) is 7.34. The number of anilines is 1. The van der Waals surface area contributed by atoms with Crippen LogP contribution in [0.5, 0.6) is 17.2 Å². The summed E-state index contributed by atoms with van der Waals surface area (Å²) in [6.07, 6.45) is 0. The smallest absolute Gasteiger partial charge is 0.294 e. The molecule has 0 saturated carbocycles. The quantitative estimate of drug-likeness (QED) is 0.262. The molecule has 186 valence electrons. The van der Waals surface area contributed by atoms with E-state index < -0.39 is 5.91 Å². The highest BCUT2D eigenvalue weighted by Crippen LogP contribution is 2.30. The van der Waals surface area contributed by atoms with E-state index in [1.165, 1.54) is 4.68 Å². The molecule has 4 aromatic rings. The summed E-state index contributed by atoms with van der Waals surface area (Å²) in [6, 6.07) is 12.4. The first-order chi connectivity index (χ1) is 17.5. The summed E-state index contributed by atoms with van der Waals surface area (Å²) in [6.45, 7) is 4.09. The molecule has 0 radical (unpaired) electrons. The number of benzene rings is 2. The van der Waals surface area contributed by atoms with E-state index in [0.717, 1.165) is 5.56 Å². The molecule has 0 fully saturated rings. The van der Waals surface area contributed by atoms with E-state index in [1.807, 2.05) is 6.92 Å². The first-order valence-electron chi connectivity index (χ1n) is 10.8. The second kappa shape index (κ2) is 10.5. The number of aromatic nitrogens is 5. The fourth-order valence-electron chi connectivity index (χ4n) is 3.39. The van der Waals surface area contributed by atoms with Crippen LogP contribution < -0.4 is 25.4 Å². The second-order valence-corrected chi connectivity index (χ2v) is 7.34. The largest absolute Gasteiger partial charge is 0.494 e. The molecule has 0 bridgehead atoms. The van der Waals surface area contributed by atoms with Gasteiger partial charge in [0, 0.05) is 11.1 Å². The van der Waals surface area contributed by atoms with Gasteiger partial charge < -0.3 is 19.9 Å². The topological polar surface area (TPSA) is 165 Å². The van der Waals surface area contributed by atoms with Gasteiger partial charge >= 0.3 is 0 Å². The summed E-state index contributed by atoms with van der Waals surface area (Å²) >= 11 is 0. The van der Waals surface area contributed by atoms with Crippen LogP contribution >= 0.6 is 0 Å². The van der Waals surface area contributed by atoms with Gasteiger partial charge in [-0.2, -0.15) is 9.78 Å². The number of nitrogen functional groups attached to an aromatic ring is 1. The normalized spacial score (nSPS) is 11.3. The Bertz CT molecular complexity index is 1410. The monoisotopic (exact) mass is 492 g/mol. The Morgan fingerprint density at radius 3 is 2.64 bits per heavy atom. The van der Waals surface area contributed by atoms with E-state index in [4.69, 9.17) is 24.6 Å². The first kappa shape index (κ1) is 24.2. The van der Waals surface area contributed by atoms with Crippen LogP contribution in [0.1, 0.15) is 29.9 Å². The maximum Gasteiger partial charge on any atom is 0.294 e. The molecular weight excluding hydrogens is 468 g/mol. The lowest BCUT2D eigenvalue weighted by Crippen LogP contribution is -2.21. The van der Waals surface area contributed by atoms with Crippen molar-refractivity contribution >= 4 is 17.4 Å². The lowest BCUT2D eigenvalue weighted by Gasteiger charge is -2.10. The Morgan fingerprint density at radius 2 is 1.94 bits per heavy atom. The molecule has 2 aromatic heterocycles. The van der Waals surface area contributed by atoms with Gasteiger partial charge in [-0.3, -0.25) is 4.79 Å². The van der Waals surface area contributed by atoms with Gasteiger partial charge in [0.15, 0.2) is 17.2 Å². The average Bonchev–Trinajstić information content (AvgIpc) is 3.53. The SMILES string of the molecule is CCOc1cccc(-c2c(C(=O)NN=C(C)c3ccc(OC)c(OC)c3)nnn2-c2nonc2N)c1. The summed E-state index contributed by atoms with van der Waals surface area (Å²) in [5.74, 6) is 1.18. The molecule has 36 heavy (non-hydrogen) atoms. The van der Waals surface area contributed by atoms with Crippen LogP contribution in [-0.2, 0) is 0 Å². The van der Waals surface area contributed by atoms with Crippen LogP contribution in [0.15, 0.2) is 52.2 Å². The van der Waals surface area contributed by atoms with Crippen molar-refractivity contribution in [2.75, 3.05) is 26.6 Å². The molecule has 2 heterocycles. The van der Waals surface area contributed by atoms with Crippen molar-refractivity contribution < 1.29 is 23.6 Å². The third-order valence-corrected chi connectivity index (χ3v) is 5.13. The van der Waals surface area contributed by atoms with Gasteiger partial charge in [-0.05, 0) is 54.5 Å². The van der Waals surface area contributed by atoms with Crippen molar-refractivity contribution in [3.63, 3.8) is 0 Å². The maximum atomic E-state index is 13.2. The molecule has 13 nitrogen and oxygen atoms in total. The van der Waals surface area contributed by atoms with Crippen molar-refractivity contribution in [2.24, 2.45) is 5.10 Å². The number of nitrogens with one attached hydrogen (secondary N) is 1. The van der Waals surface area contributed by atoms with Crippen molar-refractivity contribution in [3.05, 3.63) is 53.7 Å². The van der Waals surface area contributed by atoms with Gasteiger partial charge in [0.1, 0.15) is 11.4 Å². The standard InChI is InChI=1S/C23H24N8O5/c1-5-35-16-8-6-7-15(11-16)20-19(26-30-31(20)22-21(24)28-36-29-22)23(32)27-25-13(2)14-9-10-17(33-3)18(12-14)34-4/h6-12H,5H2,1-4H3,(H2,24,28)(H,27,32). The Morgan fingerprint density at radius 1 is 1.14 bits per heavy atom. The summed E-state index contributed by atoms with van der Waals surface area (Å²) in [7, 11) is 3.09. The highest BCUT2D eigenvalue weighted by atomic mass is 16.6. The molecule has 0 atom stereocenters. The van der Waals surface area contributed by atoms with Crippen molar-refractivity contribution in [1.29, 1.82) is 0 Å². The number of nitrogens with two attached hydrogens (primary N) is 1. The molecule has 0 spiro atoms. The van der Waals surface area contributed by atoms with Gasteiger partial charge in [0.05, 0.1) is 26.5 Å². The highest BCUT2D eigenvalue weighted by molar-refractivity contribution is 6.02. The van der Waals surface area contributed by atoms with Gasteiger partial charge in [-0.25, -0.2) is 10.1 Å². The number of methoxy groups -OCH3 is 2. The zero-order chi connectivity index (χ0) is 25.7. The van der Waals surface area contributed by atoms with Crippen LogP contribution in [0.2, 0.25) is 0 Å². The minimum atomic E-state index is -0.604. The summed E-state index contributed by atoms with van der Waals surface area (Å²) in [5, 5.41) is 19.7. The molecule has 2 aromatic carbocycles. The van der Waals surface area contributed by atoms with Crippen LogP contribution in [0.25, 0.3) is 17.1 Å². The molecule has 13 heteroatoms. The fourth-order valence-corrected chi connectivity index (χ4v) is 3.39. The maximum absolute atomic E-state index is 13.2.